The number of nitrogens with zero attached hydrogens (tertiary/aromatic N) is 1. The SMILES string of the molecule is O=C(N/N=C/c1ccccc1O)[C@H]1C[C@H]2C=C[C@@H]1C2. The van der Waals surface area contributed by atoms with Crippen molar-refractivity contribution in [2.45, 2.75) is 12.8 Å². The molecule has 19 heavy (non-hydrogen) atoms. The van der Waals surface area contributed by atoms with E-state index in [1.165, 1.54) is 6.21 Å². The molecule has 1 fully saturated rings. The third kappa shape index (κ3) is 2.38. The first-order valence-corrected chi connectivity index (χ1v) is 6.53. The number of phenols is 1. The van der Waals surface area contributed by atoms with E-state index in [2.05, 4.69) is 22.7 Å². The molecule has 3 atom stereocenters. The molecule has 0 spiro atoms. The average Bonchev–Trinajstić information content (AvgIpc) is 3.03. The number of carbonyl (C=O) groups is 1. The minimum atomic E-state index is -0.0245. The molecule has 4 nitrogen and oxygen atoms in total. The summed E-state index contributed by atoms with van der Waals surface area (Å²) in [4.78, 5) is 12.0. The van der Waals surface area contributed by atoms with E-state index in [1.54, 1.807) is 18.2 Å². The standard InChI is InChI=1S/C15H16N2O2/c18-14-4-2-1-3-12(14)9-16-17-15(19)13-8-10-5-6-11(13)7-10/h1-6,9-11,13,18H,7-8H2,(H,17,19)/b16-9+/t10-,11+,13-/m0/s1. The fourth-order valence-corrected chi connectivity index (χ4v) is 2.93. The Morgan fingerprint density at radius 3 is 2.84 bits per heavy atom. The van der Waals surface area contributed by atoms with Crippen molar-refractivity contribution in [2.24, 2.45) is 22.9 Å². The summed E-state index contributed by atoms with van der Waals surface area (Å²) < 4.78 is 0. The number of allylic oxidation sites excluding steroid dienone is 2. The predicted octanol–water partition coefficient (Wildman–Crippen LogP) is 2.05. The lowest BCUT2D eigenvalue weighted by Crippen LogP contribution is -2.29. The van der Waals surface area contributed by atoms with Crippen LogP contribution in [0.1, 0.15) is 18.4 Å². The quantitative estimate of drug-likeness (QED) is 0.494. The smallest absolute Gasteiger partial charge is 0.243 e. The van der Waals surface area contributed by atoms with E-state index in [0.717, 1.165) is 12.8 Å². The lowest BCUT2D eigenvalue weighted by atomic mass is 9.93. The van der Waals surface area contributed by atoms with Crippen LogP contribution < -0.4 is 5.43 Å². The monoisotopic (exact) mass is 256 g/mol. The summed E-state index contributed by atoms with van der Waals surface area (Å²) in [7, 11) is 0. The molecule has 2 N–H and O–H groups in total. The first kappa shape index (κ1) is 12.0. The predicted molar refractivity (Wildman–Crippen MR) is 72.7 cm³/mol. The Bertz CT molecular complexity index is 551. The van der Waals surface area contributed by atoms with E-state index in [-0.39, 0.29) is 17.6 Å². The Hall–Kier alpha value is -2.10. The number of nitrogens with one attached hydrogen (secondary N) is 1. The van der Waals surface area contributed by atoms with Crippen LogP contribution in [0.5, 0.6) is 5.75 Å². The molecule has 2 bridgehead atoms. The lowest BCUT2D eigenvalue weighted by molar-refractivity contribution is -0.125. The highest BCUT2D eigenvalue weighted by atomic mass is 16.3. The third-order valence-corrected chi connectivity index (χ3v) is 3.93. The molecule has 2 aliphatic rings. The van der Waals surface area contributed by atoms with Crippen molar-refractivity contribution in [3.05, 3.63) is 42.0 Å². The van der Waals surface area contributed by atoms with Crippen LogP contribution in [0.25, 0.3) is 0 Å². The van der Waals surface area contributed by atoms with E-state index >= 15 is 0 Å². The van der Waals surface area contributed by atoms with Crippen molar-refractivity contribution in [3.63, 3.8) is 0 Å². The number of hydrogen-bond donors (Lipinski definition) is 2. The first-order chi connectivity index (χ1) is 9.24. The zero-order chi connectivity index (χ0) is 13.2. The van der Waals surface area contributed by atoms with Crippen LogP contribution in [0, 0.1) is 17.8 Å². The molecular formula is C15H16N2O2. The van der Waals surface area contributed by atoms with Gasteiger partial charge in [-0.25, -0.2) is 5.43 Å². The number of hydrogen-bond acceptors (Lipinski definition) is 3. The van der Waals surface area contributed by atoms with Crippen molar-refractivity contribution in [1.29, 1.82) is 0 Å². The molecule has 1 aromatic carbocycles. The number of phenolic OH excluding ortho intramolecular Hbond substituents is 1. The molecule has 1 amide bonds. The lowest BCUT2D eigenvalue weighted by Gasteiger charge is -2.15. The van der Waals surface area contributed by atoms with Gasteiger partial charge in [-0.15, -0.1) is 0 Å². The molecule has 0 saturated heterocycles. The number of benzene rings is 1. The van der Waals surface area contributed by atoms with Crippen LogP contribution in [0.4, 0.5) is 0 Å². The van der Waals surface area contributed by atoms with Gasteiger partial charge in [0, 0.05) is 11.5 Å². The summed E-state index contributed by atoms with van der Waals surface area (Å²) in [5.41, 5.74) is 3.16. The second-order valence-electron chi connectivity index (χ2n) is 5.18. The molecule has 0 unspecified atom stereocenters. The Kier molecular flexibility index (Phi) is 3.07. The van der Waals surface area contributed by atoms with E-state index < -0.39 is 0 Å². The molecule has 1 saturated carbocycles. The average molecular weight is 256 g/mol. The number of amides is 1. The Balaban J connectivity index is 1.59. The molecule has 0 radical (unpaired) electrons. The Morgan fingerprint density at radius 1 is 1.32 bits per heavy atom. The topological polar surface area (TPSA) is 61.7 Å². The number of aromatic hydroxyl groups is 1. The molecule has 98 valence electrons. The van der Waals surface area contributed by atoms with Crippen LogP contribution in [0.3, 0.4) is 0 Å². The Labute approximate surface area is 111 Å². The van der Waals surface area contributed by atoms with Gasteiger partial charge in [0.15, 0.2) is 0 Å². The van der Waals surface area contributed by atoms with Gasteiger partial charge >= 0.3 is 0 Å². The van der Waals surface area contributed by atoms with Crippen LogP contribution in [0.2, 0.25) is 0 Å². The second kappa shape index (κ2) is 4.88. The van der Waals surface area contributed by atoms with Crippen LogP contribution in [0.15, 0.2) is 41.5 Å². The maximum Gasteiger partial charge on any atom is 0.243 e. The van der Waals surface area contributed by atoms with Crippen molar-refractivity contribution in [1.82, 2.24) is 5.43 Å². The van der Waals surface area contributed by atoms with Crippen LogP contribution >= 0.6 is 0 Å². The molecule has 0 aromatic heterocycles. The van der Waals surface area contributed by atoms with Crippen molar-refractivity contribution >= 4 is 12.1 Å². The highest BCUT2D eigenvalue weighted by Crippen LogP contribution is 2.43. The zero-order valence-corrected chi connectivity index (χ0v) is 10.5. The van der Waals surface area contributed by atoms with Crippen LogP contribution in [-0.2, 0) is 4.79 Å². The van der Waals surface area contributed by atoms with Crippen LogP contribution in [-0.4, -0.2) is 17.2 Å². The summed E-state index contributed by atoms with van der Waals surface area (Å²) in [6, 6.07) is 6.88. The normalized spacial score (nSPS) is 28.1. The van der Waals surface area contributed by atoms with E-state index in [1.807, 2.05) is 6.07 Å². The molecular weight excluding hydrogens is 240 g/mol. The van der Waals surface area contributed by atoms with Crippen molar-refractivity contribution in [3.8, 4) is 5.75 Å². The largest absolute Gasteiger partial charge is 0.507 e. The van der Waals surface area contributed by atoms with Gasteiger partial charge in [-0.2, -0.15) is 5.10 Å². The highest BCUT2D eigenvalue weighted by molar-refractivity contribution is 5.85. The molecule has 3 rings (SSSR count). The molecule has 4 heteroatoms. The summed E-state index contributed by atoms with van der Waals surface area (Å²) in [5.74, 6) is 1.14. The molecule has 1 aromatic rings. The molecule has 0 heterocycles. The van der Waals surface area contributed by atoms with E-state index in [0.29, 0.717) is 17.4 Å². The summed E-state index contributed by atoms with van der Waals surface area (Å²) >= 11 is 0. The highest BCUT2D eigenvalue weighted by Gasteiger charge is 2.39. The van der Waals surface area contributed by atoms with Gasteiger partial charge in [0.1, 0.15) is 5.75 Å². The number of para-hydroxylation sites is 1. The maximum absolute atomic E-state index is 12.0. The number of rotatable bonds is 3. The first-order valence-electron chi connectivity index (χ1n) is 6.53. The Morgan fingerprint density at radius 2 is 2.16 bits per heavy atom. The number of carbonyl (C=O) groups excluding carboxylic acids is 1. The fourth-order valence-electron chi connectivity index (χ4n) is 2.93. The maximum atomic E-state index is 12.0. The van der Waals surface area contributed by atoms with Gasteiger partial charge in [-0.05, 0) is 36.8 Å². The van der Waals surface area contributed by atoms with Gasteiger partial charge in [0.2, 0.25) is 5.91 Å². The third-order valence-electron chi connectivity index (χ3n) is 3.93. The number of fused-ring (bicyclic) bond motifs is 2. The minimum absolute atomic E-state index is 0.0245. The van der Waals surface area contributed by atoms with Gasteiger partial charge in [0.05, 0.1) is 6.21 Å². The van der Waals surface area contributed by atoms with Gasteiger partial charge < -0.3 is 5.11 Å². The fraction of sp³-hybridized carbons (Fsp3) is 0.333. The van der Waals surface area contributed by atoms with Crippen molar-refractivity contribution in [2.75, 3.05) is 0 Å². The van der Waals surface area contributed by atoms with Crippen molar-refractivity contribution < 1.29 is 9.90 Å². The molecule has 0 aliphatic heterocycles. The minimum Gasteiger partial charge on any atom is -0.507 e. The van der Waals surface area contributed by atoms with E-state index in [9.17, 15) is 9.90 Å². The summed E-state index contributed by atoms with van der Waals surface area (Å²) in [5, 5.41) is 13.5. The summed E-state index contributed by atoms with van der Waals surface area (Å²) in [6.45, 7) is 0. The van der Waals surface area contributed by atoms with Gasteiger partial charge in [-0.3, -0.25) is 4.79 Å². The molecule has 2 aliphatic carbocycles. The summed E-state index contributed by atoms with van der Waals surface area (Å²) in [6.07, 6.45) is 7.85. The van der Waals surface area contributed by atoms with E-state index in [4.69, 9.17) is 0 Å². The van der Waals surface area contributed by atoms with Gasteiger partial charge in [-0.1, -0.05) is 24.3 Å². The zero-order valence-electron chi connectivity index (χ0n) is 10.5. The van der Waals surface area contributed by atoms with Gasteiger partial charge in [0.25, 0.3) is 0 Å². The number of hydrazone groups is 1. The second-order valence-corrected chi connectivity index (χ2v) is 5.18.